The van der Waals surface area contributed by atoms with Crippen molar-refractivity contribution in [1.29, 1.82) is 0 Å². The maximum Gasteiger partial charge on any atom is 0.262 e. The molecule has 0 fully saturated rings. The second-order valence-electron chi connectivity index (χ2n) is 5.53. The fourth-order valence-corrected chi connectivity index (χ4v) is 3.79. The lowest BCUT2D eigenvalue weighted by Crippen LogP contribution is -2.30. The Balaban J connectivity index is 1.97. The van der Waals surface area contributed by atoms with Gasteiger partial charge in [-0.1, -0.05) is 13.8 Å². The van der Waals surface area contributed by atoms with Gasteiger partial charge in [-0.15, -0.1) is 0 Å². The molecule has 0 aliphatic carbocycles. The molecule has 2 aromatic carbocycles. The maximum atomic E-state index is 13.1. The number of nitrogens with one attached hydrogen (secondary N) is 1. The lowest BCUT2D eigenvalue weighted by atomic mass is 10.3. The molecular weight excluding hydrogens is 378 g/mol. The van der Waals surface area contributed by atoms with Crippen molar-refractivity contribution in [3.8, 4) is 5.75 Å². The maximum absolute atomic E-state index is 13.1. The Labute approximate surface area is 156 Å². The van der Waals surface area contributed by atoms with Gasteiger partial charge in [-0.25, -0.2) is 17.2 Å². The molecule has 0 radical (unpaired) electrons. The topological polar surface area (TPSA) is 75.7 Å². The van der Waals surface area contributed by atoms with Crippen LogP contribution in [0.4, 0.5) is 14.5 Å². The summed E-state index contributed by atoms with van der Waals surface area (Å²) in [6, 6.07) is 8.68. The zero-order valence-electron chi connectivity index (χ0n) is 14.9. The van der Waals surface area contributed by atoms with Gasteiger partial charge in [0.05, 0.1) is 4.90 Å². The van der Waals surface area contributed by atoms with Crippen molar-refractivity contribution in [2.24, 2.45) is 0 Å². The number of carbonyl (C=O) groups is 1. The minimum Gasteiger partial charge on any atom is -0.484 e. The van der Waals surface area contributed by atoms with Crippen molar-refractivity contribution in [2.45, 2.75) is 18.7 Å². The van der Waals surface area contributed by atoms with Gasteiger partial charge in [0, 0.05) is 24.8 Å². The van der Waals surface area contributed by atoms with Crippen LogP contribution in [0, 0.1) is 11.6 Å². The summed E-state index contributed by atoms with van der Waals surface area (Å²) in [7, 11) is -3.57. The van der Waals surface area contributed by atoms with Gasteiger partial charge >= 0.3 is 0 Å². The molecule has 2 rings (SSSR count). The normalized spacial score (nSPS) is 11.4. The van der Waals surface area contributed by atoms with Gasteiger partial charge in [-0.05, 0) is 36.4 Å². The highest BCUT2D eigenvalue weighted by molar-refractivity contribution is 7.89. The van der Waals surface area contributed by atoms with Crippen LogP contribution in [-0.4, -0.2) is 38.3 Å². The molecule has 0 saturated carbocycles. The van der Waals surface area contributed by atoms with E-state index in [-0.39, 0.29) is 10.6 Å². The second kappa shape index (κ2) is 8.92. The van der Waals surface area contributed by atoms with Crippen LogP contribution in [0.25, 0.3) is 0 Å². The highest BCUT2D eigenvalue weighted by atomic mass is 32.2. The monoisotopic (exact) mass is 398 g/mol. The first-order valence-corrected chi connectivity index (χ1v) is 9.69. The van der Waals surface area contributed by atoms with Gasteiger partial charge < -0.3 is 10.1 Å². The number of rotatable bonds is 8. The van der Waals surface area contributed by atoms with Crippen molar-refractivity contribution in [2.75, 3.05) is 25.0 Å². The van der Waals surface area contributed by atoms with Crippen LogP contribution >= 0.6 is 0 Å². The van der Waals surface area contributed by atoms with Crippen molar-refractivity contribution < 1.29 is 26.7 Å². The molecule has 1 amide bonds. The van der Waals surface area contributed by atoms with Crippen LogP contribution in [0.15, 0.2) is 47.4 Å². The summed E-state index contributed by atoms with van der Waals surface area (Å²) in [5.41, 5.74) is 0.382. The predicted octanol–water partition coefficient (Wildman–Crippen LogP) is 3.01. The van der Waals surface area contributed by atoms with Crippen LogP contribution < -0.4 is 10.1 Å². The molecular formula is C18H20F2N2O4S. The average molecular weight is 398 g/mol. The molecule has 0 saturated heterocycles. The molecule has 0 aliphatic heterocycles. The summed E-state index contributed by atoms with van der Waals surface area (Å²) < 4.78 is 57.1. The van der Waals surface area contributed by atoms with Crippen molar-refractivity contribution in [3.05, 3.63) is 54.1 Å². The number of carbonyl (C=O) groups excluding carboxylic acids is 1. The molecule has 0 aromatic heterocycles. The fraction of sp³-hybridized carbons (Fsp3) is 0.278. The highest BCUT2D eigenvalue weighted by Crippen LogP contribution is 2.19. The summed E-state index contributed by atoms with van der Waals surface area (Å²) >= 11 is 0. The molecule has 146 valence electrons. The molecule has 0 heterocycles. The van der Waals surface area contributed by atoms with Crippen LogP contribution in [0.2, 0.25) is 0 Å². The minimum absolute atomic E-state index is 0.0183. The summed E-state index contributed by atoms with van der Waals surface area (Å²) in [5.74, 6) is -2.59. The smallest absolute Gasteiger partial charge is 0.262 e. The van der Waals surface area contributed by atoms with E-state index >= 15 is 0 Å². The zero-order chi connectivity index (χ0) is 20.0. The van der Waals surface area contributed by atoms with Crippen LogP contribution in [-0.2, 0) is 14.8 Å². The Morgan fingerprint density at radius 3 is 2.22 bits per heavy atom. The van der Waals surface area contributed by atoms with E-state index in [1.165, 1.54) is 34.6 Å². The Morgan fingerprint density at radius 1 is 1.04 bits per heavy atom. The number of hydrogen-bond acceptors (Lipinski definition) is 4. The first kappa shape index (κ1) is 20.8. The molecule has 1 N–H and O–H groups in total. The first-order valence-electron chi connectivity index (χ1n) is 8.25. The van der Waals surface area contributed by atoms with E-state index in [4.69, 9.17) is 4.74 Å². The molecule has 0 bridgehead atoms. The lowest BCUT2D eigenvalue weighted by molar-refractivity contribution is -0.118. The van der Waals surface area contributed by atoms with Crippen molar-refractivity contribution in [3.63, 3.8) is 0 Å². The number of benzene rings is 2. The quantitative estimate of drug-likeness (QED) is 0.742. The number of sulfonamides is 1. The Hall–Kier alpha value is -2.52. The van der Waals surface area contributed by atoms with Gasteiger partial charge in [0.15, 0.2) is 18.2 Å². The summed E-state index contributed by atoms with van der Waals surface area (Å²) in [6.07, 6.45) is 0. The molecule has 0 aliphatic rings. The lowest BCUT2D eigenvalue weighted by Gasteiger charge is -2.18. The molecule has 0 atom stereocenters. The molecule has 9 heteroatoms. The van der Waals surface area contributed by atoms with E-state index in [1.54, 1.807) is 13.8 Å². The predicted molar refractivity (Wildman–Crippen MR) is 97.0 cm³/mol. The SMILES string of the molecule is CCN(CC)S(=O)(=O)c1ccc(NC(=O)COc2ccc(F)c(F)c2)cc1. The van der Waals surface area contributed by atoms with E-state index in [1.807, 2.05) is 0 Å². The van der Waals surface area contributed by atoms with Gasteiger partial charge in [0.25, 0.3) is 5.91 Å². The summed E-state index contributed by atoms with van der Waals surface area (Å²) in [6.45, 7) is 3.81. The number of hydrogen-bond donors (Lipinski definition) is 1. The van der Waals surface area contributed by atoms with E-state index in [0.717, 1.165) is 12.1 Å². The highest BCUT2D eigenvalue weighted by Gasteiger charge is 2.21. The zero-order valence-corrected chi connectivity index (χ0v) is 15.7. The van der Waals surface area contributed by atoms with Crippen molar-refractivity contribution in [1.82, 2.24) is 4.31 Å². The van der Waals surface area contributed by atoms with E-state index in [0.29, 0.717) is 18.8 Å². The van der Waals surface area contributed by atoms with E-state index < -0.39 is 34.2 Å². The Morgan fingerprint density at radius 2 is 1.67 bits per heavy atom. The van der Waals surface area contributed by atoms with Crippen LogP contribution in [0.1, 0.15) is 13.8 Å². The average Bonchev–Trinajstić information content (AvgIpc) is 2.64. The van der Waals surface area contributed by atoms with Gasteiger partial charge in [0.1, 0.15) is 5.75 Å². The van der Waals surface area contributed by atoms with E-state index in [9.17, 15) is 22.0 Å². The molecule has 0 unspecified atom stereocenters. The summed E-state index contributed by atoms with van der Waals surface area (Å²) in [4.78, 5) is 12.0. The largest absolute Gasteiger partial charge is 0.484 e. The van der Waals surface area contributed by atoms with Crippen LogP contribution in [0.3, 0.4) is 0 Å². The molecule has 0 spiro atoms. The Bertz CT molecular complexity index is 898. The molecule has 6 nitrogen and oxygen atoms in total. The van der Waals surface area contributed by atoms with Gasteiger partial charge in [-0.3, -0.25) is 4.79 Å². The molecule has 27 heavy (non-hydrogen) atoms. The third-order valence-electron chi connectivity index (χ3n) is 3.74. The third kappa shape index (κ3) is 5.24. The number of ether oxygens (including phenoxy) is 1. The van der Waals surface area contributed by atoms with Gasteiger partial charge in [-0.2, -0.15) is 4.31 Å². The van der Waals surface area contributed by atoms with Crippen LogP contribution in [0.5, 0.6) is 5.75 Å². The number of amides is 1. The second-order valence-corrected chi connectivity index (χ2v) is 7.46. The Kier molecular flexibility index (Phi) is 6.86. The fourth-order valence-electron chi connectivity index (χ4n) is 2.34. The molecule has 2 aromatic rings. The number of anilines is 1. The standard InChI is InChI=1S/C18H20F2N2O4S/c1-3-22(4-2)27(24,25)15-8-5-13(6-9-15)21-18(23)12-26-14-7-10-16(19)17(20)11-14/h5-11H,3-4,12H2,1-2H3,(H,21,23). The third-order valence-corrected chi connectivity index (χ3v) is 5.81. The number of nitrogens with zero attached hydrogens (tertiary/aromatic N) is 1. The minimum atomic E-state index is -3.57. The van der Waals surface area contributed by atoms with E-state index in [2.05, 4.69) is 5.32 Å². The first-order chi connectivity index (χ1) is 12.8. The van der Waals surface area contributed by atoms with Gasteiger partial charge in [0.2, 0.25) is 10.0 Å². The summed E-state index contributed by atoms with van der Waals surface area (Å²) in [5, 5.41) is 2.53. The number of halogens is 2. The van der Waals surface area contributed by atoms with Crippen molar-refractivity contribution >= 4 is 21.6 Å².